The molecule has 3 nitrogen and oxygen atoms in total. The smallest absolute Gasteiger partial charge is 0.550 e. The van der Waals surface area contributed by atoms with E-state index in [1.54, 1.807) is 18.2 Å². The van der Waals surface area contributed by atoms with E-state index < -0.39 is 5.97 Å². The molecule has 0 aliphatic heterocycles. The average molecular weight is 393 g/mol. The molecule has 1 aliphatic carbocycles. The third kappa shape index (κ3) is 13.0. The normalized spacial score (nSPS) is 14.4. The topological polar surface area (TPSA) is 60.4 Å². The fourth-order valence-electron chi connectivity index (χ4n) is 3.16. The van der Waals surface area contributed by atoms with E-state index in [0.29, 0.717) is 12.8 Å². The number of carboxylic acids is 1. The summed E-state index contributed by atoms with van der Waals surface area (Å²) in [6.45, 7) is 4.20. The van der Waals surface area contributed by atoms with Crippen molar-refractivity contribution in [1.82, 2.24) is 0 Å². The average Bonchev–Trinajstić information content (AvgIpc) is 3.15. The molecule has 148 valence electrons. The predicted octanol–water partition coefficient (Wildman–Crippen LogP) is 1.64. The third-order valence-electron chi connectivity index (χ3n) is 4.79. The molecule has 0 heterocycles. The van der Waals surface area contributed by atoms with E-state index in [1.807, 2.05) is 13.0 Å². The van der Waals surface area contributed by atoms with Gasteiger partial charge in [-0.3, -0.25) is 0 Å². The van der Waals surface area contributed by atoms with E-state index in [4.69, 9.17) is 0 Å². The van der Waals surface area contributed by atoms with Gasteiger partial charge in [-0.05, 0) is 68.9 Å². The first-order valence-corrected chi connectivity index (χ1v) is 10.1. The Hall–Kier alpha value is -1.21. The molecule has 0 bridgehead atoms. The molecule has 1 N–H and O–H groups in total. The van der Waals surface area contributed by atoms with Gasteiger partial charge < -0.3 is 15.0 Å². The number of carbonyl (C=O) groups is 1. The van der Waals surface area contributed by atoms with Crippen LogP contribution in [0.1, 0.15) is 70.8 Å². The number of benzene rings is 1. The van der Waals surface area contributed by atoms with Crippen LogP contribution in [0.4, 0.5) is 0 Å². The molecular weight excluding hydrogens is 359 g/mol. The van der Waals surface area contributed by atoms with Crippen molar-refractivity contribution >= 4 is 5.97 Å². The number of carboxylic acid groups (broad SMARTS) is 1. The molecule has 1 saturated carbocycles. The Kier molecular flexibility index (Phi) is 16.0. The largest absolute Gasteiger partial charge is 1.00 e. The van der Waals surface area contributed by atoms with Crippen molar-refractivity contribution in [2.75, 3.05) is 0 Å². The van der Waals surface area contributed by atoms with Crippen LogP contribution in [0, 0.1) is 23.7 Å². The van der Waals surface area contributed by atoms with Gasteiger partial charge in [0.15, 0.2) is 0 Å². The zero-order valence-corrected chi connectivity index (χ0v) is 19.7. The van der Waals surface area contributed by atoms with Crippen LogP contribution in [-0.4, -0.2) is 11.1 Å². The minimum atomic E-state index is -1.05. The SMILES string of the molecule is CC#CCC(C)C/C=C/C1CCCC1.O=C([O-])CCCc1ccccc1O.[Na+]. The molecule has 0 aromatic heterocycles. The van der Waals surface area contributed by atoms with Crippen molar-refractivity contribution in [3.8, 4) is 17.6 Å². The molecule has 1 unspecified atom stereocenters. The molecule has 2 rings (SSSR count). The molecule has 1 atom stereocenters. The Balaban J connectivity index is 0.000000504. The second-order valence-corrected chi connectivity index (χ2v) is 7.30. The van der Waals surface area contributed by atoms with Gasteiger partial charge in [0.25, 0.3) is 0 Å². The Morgan fingerprint density at radius 2 is 2.00 bits per heavy atom. The van der Waals surface area contributed by atoms with E-state index >= 15 is 0 Å². The summed E-state index contributed by atoms with van der Waals surface area (Å²) in [6.07, 6.45) is 13.9. The first kappa shape index (κ1) is 26.8. The third-order valence-corrected chi connectivity index (χ3v) is 4.79. The van der Waals surface area contributed by atoms with Crippen LogP contribution in [0.15, 0.2) is 36.4 Å². The summed E-state index contributed by atoms with van der Waals surface area (Å²) in [5.74, 6) is 6.89. The summed E-state index contributed by atoms with van der Waals surface area (Å²) in [5.41, 5.74) is 0.781. The Bertz CT molecular complexity index is 637. The van der Waals surface area contributed by atoms with Crippen LogP contribution in [0.5, 0.6) is 5.75 Å². The Labute approximate surface area is 192 Å². The van der Waals surface area contributed by atoms with Gasteiger partial charge in [0.1, 0.15) is 5.75 Å². The molecule has 1 aromatic carbocycles. The maximum atomic E-state index is 10.1. The zero-order valence-electron chi connectivity index (χ0n) is 17.7. The molecule has 1 fully saturated rings. The van der Waals surface area contributed by atoms with Gasteiger partial charge in [-0.1, -0.05) is 50.1 Å². The molecule has 0 spiro atoms. The summed E-state index contributed by atoms with van der Waals surface area (Å²) in [6, 6.07) is 6.92. The molecule has 0 amide bonds. The zero-order chi connectivity index (χ0) is 19.9. The molecule has 1 aliphatic rings. The van der Waals surface area contributed by atoms with Crippen molar-refractivity contribution in [1.29, 1.82) is 0 Å². The van der Waals surface area contributed by atoms with Crippen molar-refractivity contribution in [2.45, 2.75) is 71.6 Å². The second-order valence-electron chi connectivity index (χ2n) is 7.30. The number of aryl methyl sites for hydroxylation is 1. The number of phenolic OH excluding ortho intramolecular Hbond substituents is 1. The number of phenols is 1. The van der Waals surface area contributed by atoms with E-state index in [1.165, 1.54) is 32.1 Å². The van der Waals surface area contributed by atoms with Gasteiger partial charge in [0.05, 0.1) is 0 Å². The van der Waals surface area contributed by atoms with Gasteiger partial charge in [-0.15, -0.1) is 11.8 Å². The minimum absolute atomic E-state index is 0. The van der Waals surface area contributed by atoms with E-state index in [9.17, 15) is 15.0 Å². The standard InChI is InChI=1S/C14H22.C10H12O3.Na/c1-3-4-8-13(2)9-7-12-14-10-5-6-11-14;11-9-6-2-1-4-8(9)5-3-7-10(12)13;/h7,12-14H,5-6,8-11H2,1-2H3;1-2,4,6,11H,3,5,7H2,(H,12,13);/q;;+1/p-1/b12-7+;;. The van der Waals surface area contributed by atoms with Gasteiger partial charge >= 0.3 is 29.6 Å². The van der Waals surface area contributed by atoms with Crippen molar-refractivity contribution in [2.24, 2.45) is 11.8 Å². The van der Waals surface area contributed by atoms with Crippen LogP contribution >= 0.6 is 0 Å². The van der Waals surface area contributed by atoms with Gasteiger partial charge in [0, 0.05) is 12.4 Å². The van der Waals surface area contributed by atoms with Crippen LogP contribution in [-0.2, 0) is 11.2 Å². The minimum Gasteiger partial charge on any atom is -0.550 e. The monoisotopic (exact) mass is 392 g/mol. The summed E-state index contributed by atoms with van der Waals surface area (Å²) in [7, 11) is 0. The van der Waals surface area contributed by atoms with E-state index in [0.717, 1.165) is 23.8 Å². The van der Waals surface area contributed by atoms with Gasteiger partial charge in [-0.25, -0.2) is 0 Å². The van der Waals surface area contributed by atoms with Gasteiger partial charge in [0.2, 0.25) is 0 Å². The maximum absolute atomic E-state index is 10.1. The number of carbonyl (C=O) groups excluding carboxylic acids is 1. The number of hydrogen-bond acceptors (Lipinski definition) is 3. The summed E-state index contributed by atoms with van der Waals surface area (Å²) in [4.78, 5) is 10.1. The summed E-state index contributed by atoms with van der Waals surface area (Å²) < 4.78 is 0. The molecule has 4 heteroatoms. The molecule has 1 aromatic rings. The van der Waals surface area contributed by atoms with Crippen molar-refractivity contribution in [3.05, 3.63) is 42.0 Å². The van der Waals surface area contributed by atoms with Crippen LogP contribution in [0.2, 0.25) is 0 Å². The fraction of sp³-hybridized carbons (Fsp3) is 0.542. The Morgan fingerprint density at radius 1 is 1.32 bits per heavy atom. The van der Waals surface area contributed by atoms with E-state index in [2.05, 4.69) is 30.9 Å². The fourth-order valence-corrected chi connectivity index (χ4v) is 3.16. The number of rotatable bonds is 8. The number of aromatic hydroxyl groups is 1. The molecule has 0 saturated heterocycles. The van der Waals surface area contributed by atoms with E-state index in [-0.39, 0.29) is 41.7 Å². The van der Waals surface area contributed by atoms with Crippen molar-refractivity contribution in [3.63, 3.8) is 0 Å². The number of para-hydroxylation sites is 1. The van der Waals surface area contributed by atoms with Crippen molar-refractivity contribution < 1.29 is 44.6 Å². The number of hydrogen-bond donors (Lipinski definition) is 1. The van der Waals surface area contributed by atoms with Gasteiger partial charge in [-0.2, -0.15) is 0 Å². The quantitative estimate of drug-likeness (QED) is 0.416. The van der Waals surface area contributed by atoms with Crippen LogP contribution in [0.3, 0.4) is 0 Å². The maximum Gasteiger partial charge on any atom is 1.00 e. The summed E-state index contributed by atoms with van der Waals surface area (Å²) in [5, 5.41) is 19.4. The molecule has 28 heavy (non-hydrogen) atoms. The molecule has 0 radical (unpaired) electrons. The predicted molar refractivity (Wildman–Crippen MR) is 109 cm³/mol. The first-order chi connectivity index (χ1) is 13.0. The van der Waals surface area contributed by atoms with Crippen LogP contribution < -0.4 is 34.7 Å². The number of allylic oxidation sites excluding steroid dienone is 2. The first-order valence-electron chi connectivity index (χ1n) is 10.1. The summed E-state index contributed by atoms with van der Waals surface area (Å²) >= 11 is 0. The second kappa shape index (κ2) is 16.7. The Morgan fingerprint density at radius 3 is 2.61 bits per heavy atom. The van der Waals surface area contributed by atoms with Crippen LogP contribution in [0.25, 0.3) is 0 Å². The number of aliphatic carboxylic acids is 1. The molecular formula is C24H33NaO3.